The summed E-state index contributed by atoms with van der Waals surface area (Å²) in [5.74, 6) is 0. The number of rotatable bonds is 8. The number of hydrogen-bond acceptors (Lipinski definition) is 3. The average Bonchev–Trinajstić information content (AvgIpc) is 3.01. The Hall–Kier alpha value is -2.17. The number of hydrogen-bond donors (Lipinski definition) is 2. The molecule has 0 unspecified atom stereocenters. The highest BCUT2D eigenvalue weighted by Crippen LogP contribution is 2.28. The van der Waals surface area contributed by atoms with Crippen molar-refractivity contribution in [3.63, 3.8) is 0 Å². The molecule has 4 heteroatoms. The number of benzene rings is 3. The highest BCUT2D eigenvalue weighted by molar-refractivity contribution is 6.31. The van der Waals surface area contributed by atoms with Crippen LogP contribution in [0.5, 0.6) is 0 Å². The van der Waals surface area contributed by atoms with Crippen LogP contribution in [0.15, 0.2) is 84.9 Å². The maximum atomic E-state index is 11.5. The van der Waals surface area contributed by atoms with Gasteiger partial charge in [0.05, 0.1) is 6.10 Å². The van der Waals surface area contributed by atoms with Crippen molar-refractivity contribution in [2.75, 3.05) is 0 Å². The van der Waals surface area contributed by atoms with Crippen LogP contribution in [0, 0.1) is 0 Å². The predicted molar refractivity (Wildman–Crippen MR) is 132 cm³/mol. The van der Waals surface area contributed by atoms with Crippen molar-refractivity contribution in [1.29, 1.82) is 0 Å². The topological polar surface area (TPSA) is 35.5 Å². The third kappa shape index (κ3) is 6.20. The standard InChI is InChI=1S/C28H33ClN2O/c29-25-16-8-7-15-24(25)21-31(20-23-13-5-2-6-14-23)27-18-10-9-17-26(28(27)32)30-19-22-11-3-1-4-12-22/h1-8,11-16,26-28,30,32H,9-10,17-21H2/t26-,27-,28-/m1/s1. The van der Waals surface area contributed by atoms with Crippen molar-refractivity contribution in [2.45, 2.75) is 63.5 Å². The second-order valence-electron chi connectivity index (χ2n) is 8.80. The van der Waals surface area contributed by atoms with E-state index in [4.69, 9.17) is 11.6 Å². The van der Waals surface area contributed by atoms with Crippen LogP contribution >= 0.6 is 11.6 Å². The van der Waals surface area contributed by atoms with E-state index in [1.807, 2.05) is 30.3 Å². The second-order valence-corrected chi connectivity index (χ2v) is 9.20. The largest absolute Gasteiger partial charge is 0.390 e. The molecule has 0 amide bonds. The molecule has 2 N–H and O–H groups in total. The van der Waals surface area contributed by atoms with Crippen molar-refractivity contribution in [1.82, 2.24) is 10.2 Å². The highest BCUT2D eigenvalue weighted by atomic mass is 35.5. The lowest BCUT2D eigenvalue weighted by molar-refractivity contribution is 0.0162. The van der Waals surface area contributed by atoms with Gasteiger partial charge in [0.15, 0.2) is 0 Å². The minimum absolute atomic E-state index is 0.0715. The van der Waals surface area contributed by atoms with E-state index in [-0.39, 0.29) is 12.1 Å². The van der Waals surface area contributed by atoms with Crippen LogP contribution in [-0.4, -0.2) is 28.2 Å². The molecule has 3 atom stereocenters. The van der Waals surface area contributed by atoms with E-state index >= 15 is 0 Å². The van der Waals surface area contributed by atoms with Crippen LogP contribution < -0.4 is 5.32 Å². The minimum Gasteiger partial charge on any atom is -0.390 e. The molecule has 168 valence electrons. The Morgan fingerprint density at radius 3 is 2.12 bits per heavy atom. The van der Waals surface area contributed by atoms with Gasteiger partial charge in [0.25, 0.3) is 0 Å². The maximum absolute atomic E-state index is 11.5. The van der Waals surface area contributed by atoms with E-state index in [1.54, 1.807) is 0 Å². The Labute approximate surface area is 197 Å². The van der Waals surface area contributed by atoms with Crippen molar-refractivity contribution >= 4 is 11.6 Å². The molecule has 0 saturated heterocycles. The van der Waals surface area contributed by atoms with Gasteiger partial charge in [-0.25, -0.2) is 0 Å². The zero-order valence-corrected chi connectivity index (χ0v) is 19.3. The first-order valence-corrected chi connectivity index (χ1v) is 12.1. The summed E-state index contributed by atoms with van der Waals surface area (Å²) in [4.78, 5) is 2.42. The smallest absolute Gasteiger partial charge is 0.0848 e. The number of nitrogens with one attached hydrogen (secondary N) is 1. The summed E-state index contributed by atoms with van der Waals surface area (Å²) in [5, 5.41) is 16.0. The van der Waals surface area contributed by atoms with Gasteiger partial charge >= 0.3 is 0 Å². The second kappa shape index (κ2) is 11.6. The first kappa shape index (κ1) is 23.0. The molecule has 0 spiro atoms. The molecule has 1 aliphatic rings. The lowest BCUT2D eigenvalue weighted by atomic mass is 9.98. The maximum Gasteiger partial charge on any atom is 0.0848 e. The molecule has 3 aromatic rings. The van der Waals surface area contributed by atoms with Gasteiger partial charge in [-0.05, 0) is 35.6 Å². The van der Waals surface area contributed by atoms with Gasteiger partial charge < -0.3 is 10.4 Å². The van der Waals surface area contributed by atoms with Crippen LogP contribution in [0.25, 0.3) is 0 Å². The van der Waals surface area contributed by atoms with Gasteiger partial charge in [-0.15, -0.1) is 0 Å². The van der Waals surface area contributed by atoms with E-state index in [0.717, 1.165) is 55.9 Å². The summed E-state index contributed by atoms with van der Waals surface area (Å²) in [6, 6.07) is 29.2. The average molecular weight is 449 g/mol. The minimum atomic E-state index is -0.438. The molecular weight excluding hydrogens is 416 g/mol. The van der Waals surface area contributed by atoms with Crippen LogP contribution in [0.2, 0.25) is 5.02 Å². The third-order valence-electron chi connectivity index (χ3n) is 6.51. The predicted octanol–water partition coefficient (Wildman–Crippen LogP) is 5.80. The Morgan fingerprint density at radius 1 is 0.781 bits per heavy atom. The molecule has 32 heavy (non-hydrogen) atoms. The number of aliphatic hydroxyl groups excluding tert-OH is 1. The summed E-state index contributed by atoms with van der Waals surface area (Å²) in [6.45, 7) is 2.29. The fourth-order valence-electron chi connectivity index (χ4n) is 4.75. The van der Waals surface area contributed by atoms with Crippen molar-refractivity contribution < 1.29 is 5.11 Å². The molecule has 0 aromatic heterocycles. The number of halogens is 1. The zero-order chi connectivity index (χ0) is 22.2. The van der Waals surface area contributed by atoms with Crippen molar-refractivity contribution in [3.05, 3.63) is 107 Å². The summed E-state index contributed by atoms with van der Waals surface area (Å²) < 4.78 is 0. The van der Waals surface area contributed by atoms with Gasteiger partial charge in [0.1, 0.15) is 0 Å². The van der Waals surface area contributed by atoms with Crippen LogP contribution in [0.1, 0.15) is 42.4 Å². The Bertz CT molecular complexity index is 950. The third-order valence-corrected chi connectivity index (χ3v) is 6.88. The molecule has 0 radical (unpaired) electrons. The monoisotopic (exact) mass is 448 g/mol. The molecular formula is C28H33ClN2O. The number of aliphatic hydroxyl groups is 1. The number of nitrogens with zero attached hydrogens (tertiary/aromatic N) is 1. The Balaban J connectivity index is 1.54. The van der Waals surface area contributed by atoms with Gasteiger partial charge in [-0.3, -0.25) is 4.90 Å². The molecule has 0 bridgehead atoms. The Kier molecular flexibility index (Phi) is 8.36. The molecule has 3 nitrogen and oxygen atoms in total. The fourth-order valence-corrected chi connectivity index (χ4v) is 4.94. The van der Waals surface area contributed by atoms with Gasteiger partial charge in [0, 0.05) is 36.7 Å². The highest BCUT2D eigenvalue weighted by Gasteiger charge is 2.34. The van der Waals surface area contributed by atoms with E-state index in [2.05, 4.69) is 64.8 Å². The van der Waals surface area contributed by atoms with Crippen molar-refractivity contribution in [2.24, 2.45) is 0 Å². The van der Waals surface area contributed by atoms with E-state index in [9.17, 15) is 5.11 Å². The summed E-state index contributed by atoms with van der Waals surface area (Å²) in [6.07, 6.45) is 3.80. The summed E-state index contributed by atoms with van der Waals surface area (Å²) in [7, 11) is 0. The van der Waals surface area contributed by atoms with Crippen LogP contribution in [0.3, 0.4) is 0 Å². The summed E-state index contributed by atoms with van der Waals surface area (Å²) in [5.41, 5.74) is 3.61. The first-order valence-electron chi connectivity index (χ1n) is 11.7. The van der Waals surface area contributed by atoms with E-state index in [1.165, 1.54) is 11.1 Å². The SMILES string of the molecule is O[C@H]1[C@H](N(Cc2ccccc2)Cc2ccccc2Cl)CCCC[C@H]1NCc1ccccc1. The molecule has 1 fully saturated rings. The molecule has 0 heterocycles. The lowest BCUT2D eigenvalue weighted by Crippen LogP contribution is -2.51. The van der Waals surface area contributed by atoms with Crippen LogP contribution in [0.4, 0.5) is 0 Å². The van der Waals surface area contributed by atoms with Crippen LogP contribution in [-0.2, 0) is 19.6 Å². The molecule has 1 aliphatic carbocycles. The molecule has 0 aliphatic heterocycles. The first-order chi connectivity index (χ1) is 15.7. The van der Waals surface area contributed by atoms with Gasteiger partial charge in [0.2, 0.25) is 0 Å². The Morgan fingerprint density at radius 2 is 1.41 bits per heavy atom. The molecule has 3 aromatic carbocycles. The van der Waals surface area contributed by atoms with E-state index in [0.29, 0.717) is 0 Å². The molecule has 4 rings (SSSR count). The quantitative estimate of drug-likeness (QED) is 0.427. The normalized spacial score (nSPS) is 21.4. The summed E-state index contributed by atoms with van der Waals surface area (Å²) >= 11 is 6.52. The van der Waals surface area contributed by atoms with Crippen molar-refractivity contribution in [3.8, 4) is 0 Å². The van der Waals surface area contributed by atoms with Gasteiger partial charge in [-0.1, -0.05) is 103 Å². The van der Waals surface area contributed by atoms with Gasteiger partial charge in [-0.2, -0.15) is 0 Å². The lowest BCUT2D eigenvalue weighted by Gasteiger charge is -2.37. The zero-order valence-electron chi connectivity index (χ0n) is 18.5. The molecule has 1 saturated carbocycles. The van der Waals surface area contributed by atoms with E-state index < -0.39 is 6.10 Å². The fraction of sp³-hybridized carbons (Fsp3) is 0.357.